The molecule has 6 nitrogen and oxygen atoms in total. The van der Waals surface area contributed by atoms with E-state index < -0.39 is 15.6 Å². The predicted molar refractivity (Wildman–Crippen MR) is 105 cm³/mol. The maximum atomic E-state index is 12.6. The van der Waals surface area contributed by atoms with Crippen LogP contribution in [0.25, 0.3) is 0 Å². The molecule has 0 aromatic heterocycles. The standard InChI is InChI=1S/C18H29N3O3S.ClH/c1-18(2,3)21-25(23,24)16-10-5-4-7-14(16)12-20-17(22)15-9-6-8-13(15)11-19;/h4-5,7,10,13,15,21H,6,8-9,11-12,19H2,1-3H3,(H,20,22);1H/t13-,15-;/m1./s1. The molecule has 0 aliphatic heterocycles. The first-order valence-corrected chi connectivity index (χ1v) is 10.2. The number of benzene rings is 1. The minimum atomic E-state index is -3.65. The topological polar surface area (TPSA) is 101 Å². The average Bonchev–Trinajstić information content (AvgIpc) is 2.99. The number of sulfonamides is 1. The lowest BCUT2D eigenvalue weighted by molar-refractivity contribution is -0.126. The zero-order chi connectivity index (χ0) is 18.7. The van der Waals surface area contributed by atoms with Crippen LogP contribution in [0.1, 0.15) is 45.6 Å². The molecule has 1 saturated carbocycles. The summed E-state index contributed by atoms with van der Waals surface area (Å²) in [6, 6.07) is 6.75. The molecule has 26 heavy (non-hydrogen) atoms. The molecule has 2 rings (SSSR count). The van der Waals surface area contributed by atoms with Gasteiger partial charge in [-0.3, -0.25) is 4.79 Å². The first kappa shape index (κ1) is 22.9. The fourth-order valence-corrected chi connectivity index (χ4v) is 5.01. The monoisotopic (exact) mass is 403 g/mol. The molecule has 1 amide bonds. The number of amides is 1. The van der Waals surface area contributed by atoms with Crippen molar-refractivity contribution < 1.29 is 13.2 Å². The molecule has 0 spiro atoms. The minimum Gasteiger partial charge on any atom is -0.352 e. The van der Waals surface area contributed by atoms with Crippen LogP contribution in [-0.2, 0) is 21.4 Å². The summed E-state index contributed by atoms with van der Waals surface area (Å²) in [5.74, 6) is 0.118. The average molecular weight is 404 g/mol. The summed E-state index contributed by atoms with van der Waals surface area (Å²) in [6.45, 7) is 6.08. The SMILES string of the molecule is CC(C)(C)NS(=O)(=O)c1ccccc1CNC(=O)[C@@H]1CCC[C@@H]1CN.Cl. The van der Waals surface area contributed by atoms with Crippen LogP contribution in [0.4, 0.5) is 0 Å². The molecule has 1 aliphatic carbocycles. The van der Waals surface area contributed by atoms with Crippen LogP contribution in [0.3, 0.4) is 0 Å². The number of hydrogen-bond donors (Lipinski definition) is 3. The predicted octanol–water partition coefficient (Wildman–Crippen LogP) is 2.18. The number of rotatable bonds is 6. The highest BCUT2D eigenvalue weighted by Gasteiger charge is 2.32. The van der Waals surface area contributed by atoms with E-state index in [-0.39, 0.29) is 41.6 Å². The first-order valence-electron chi connectivity index (χ1n) is 8.74. The van der Waals surface area contributed by atoms with Crippen LogP contribution < -0.4 is 15.8 Å². The molecule has 1 fully saturated rings. The minimum absolute atomic E-state index is 0. The summed E-state index contributed by atoms with van der Waals surface area (Å²) < 4.78 is 27.9. The maximum Gasteiger partial charge on any atom is 0.241 e. The Morgan fingerprint density at radius 2 is 1.88 bits per heavy atom. The molecule has 148 valence electrons. The van der Waals surface area contributed by atoms with Crippen molar-refractivity contribution >= 4 is 28.3 Å². The van der Waals surface area contributed by atoms with Crippen LogP contribution >= 0.6 is 12.4 Å². The van der Waals surface area contributed by atoms with Gasteiger partial charge in [0.2, 0.25) is 15.9 Å². The first-order chi connectivity index (χ1) is 11.6. The van der Waals surface area contributed by atoms with Crippen molar-refractivity contribution in [1.82, 2.24) is 10.0 Å². The molecular formula is C18H30ClN3O3S. The van der Waals surface area contributed by atoms with E-state index in [2.05, 4.69) is 10.0 Å². The Morgan fingerprint density at radius 1 is 1.23 bits per heavy atom. The molecule has 0 saturated heterocycles. The van der Waals surface area contributed by atoms with E-state index in [1.807, 2.05) is 0 Å². The molecule has 1 aliphatic rings. The molecule has 1 aromatic carbocycles. The number of nitrogens with one attached hydrogen (secondary N) is 2. The van der Waals surface area contributed by atoms with Crippen LogP contribution in [0, 0.1) is 11.8 Å². The largest absolute Gasteiger partial charge is 0.352 e. The third kappa shape index (κ3) is 5.94. The lowest BCUT2D eigenvalue weighted by Crippen LogP contribution is -2.41. The summed E-state index contributed by atoms with van der Waals surface area (Å²) in [6.07, 6.45) is 2.84. The smallest absolute Gasteiger partial charge is 0.241 e. The van der Waals surface area contributed by atoms with Crippen molar-refractivity contribution in [1.29, 1.82) is 0 Å². The molecule has 0 radical (unpaired) electrons. The summed E-state index contributed by atoms with van der Waals surface area (Å²) in [5.41, 5.74) is 5.74. The fourth-order valence-electron chi connectivity index (χ4n) is 3.35. The molecule has 0 heterocycles. The molecule has 8 heteroatoms. The van der Waals surface area contributed by atoms with Crippen molar-refractivity contribution in [2.24, 2.45) is 17.6 Å². The van der Waals surface area contributed by atoms with E-state index in [4.69, 9.17) is 5.73 Å². The number of halogens is 1. The zero-order valence-electron chi connectivity index (χ0n) is 15.6. The molecule has 1 aromatic rings. The number of carbonyl (C=O) groups excluding carboxylic acids is 1. The Labute approximate surface area is 162 Å². The van der Waals surface area contributed by atoms with Gasteiger partial charge >= 0.3 is 0 Å². The summed E-state index contributed by atoms with van der Waals surface area (Å²) >= 11 is 0. The van der Waals surface area contributed by atoms with Gasteiger partial charge in [0.25, 0.3) is 0 Å². The summed E-state index contributed by atoms with van der Waals surface area (Å²) in [7, 11) is -3.65. The van der Waals surface area contributed by atoms with E-state index in [1.54, 1.807) is 45.0 Å². The Balaban J connectivity index is 0.00000338. The van der Waals surface area contributed by atoms with Crippen molar-refractivity contribution in [2.75, 3.05) is 6.54 Å². The van der Waals surface area contributed by atoms with Crippen LogP contribution in [-0.4, -0.2) is 26.4 Å². The number of nitrogens with two attached hydrogens (primary N) is 1. The van der Waals surface area contributed by atoms with Crippen molar-refractivity contribution in [3.63, 3.8) is 0 Å². The molecule has 2 atom stereocenters. The molecule has 0 unspecified atom stereocenters. The second-order valence-electron chi connectivity index (χ2n) is 7.71. The quantitative estimate of drug-likeness (QED) is 0.677. The van der Waals surface area contributed by atoms with Crippen molar-refractivity contribution in [3.05, 3.63) is 29.8 Å². The Hall–Kier alpha value is -1.15. The maximum absolute atomic E-state index is 12.6. The van der Waals surface area contributed by atoms with E-state index in [1.165, 1.54) is 0 Å². The molecular weight excluding hydrogens is 374 g/mol. The van der Waals surface area contributed by atoms with Crippen molar-refractivity contribution in [3.8, 4) is 0 Å². The normalized spacial score (nSPS) is 20.5. The fraction of sp³-hybridized carbons (Fsp3) is 0.611. The van der Waals surface area contributed by atoms with Gasteiger partial charge in [0.15, 0.2) is 0 Å². The van der Waals surface area contributed by atoms with Crippen LogP contribution in [0.5, 0.6) is 0 Å². The lowest BCUT2D eigenvalue weighted by Gasteiger charge is -2.22. The van der Waals surface area contributed by atoms with Crippen molar-refractivity contribution in [2.45, 2.75) is 57.0 Å². The second-order valence-corrected chi connectivity index (χ2v) is 9.37. The summed E-state index contributed by atoms with van der Waals surface area (Å²) in [5, 5.41) is 2.89. The van der Waals surface area contributed by atoms with Gasteiger partial charge in [-0.1, -0.05) is 24.6 Å². The van der Waals surface area contributed by atoms with E-state index in [0.29, 0.717) is 12.1 Å². The van der Waals surface area contributed by atoms with Gasteiger partial charge in [-0.25, -0.2) is 13.1 Å². The van der Waals surface area contributed by atoms with Crippen LogP contribution in [0.15, 0.2) is 29.2 Å². The zero-order valence-corrected chi connectivity index (χ0v) is 17.3. The van der Waals surface area contributed by atoms with Crippen LogP contribution in [0.2, 0.25) is 0 Å². The number of carbonyl (C=O) groups is 1. The van der Waals surface area contributed by atoms with Gasteiger partial charge in [-0.15, -0.1) is 12.4 Å². The summed E-state index contributed by atoms with van der Waals surface area (Å²) in [4.78, 5) is 12.6. The molecule has 0 bridgehead atoms. The van der Waals surface area contributed by atoms with Gasteiger partial charge in [0.05, 0.1) is 4.90 Å². The van der Waals surface area contributed by atoms with Gasteiger partial charge in [-0.05, 0) is 57.7 Å². The van der Waals surface area contributed by atoms with E-state index >= 15 is 0 Å². The highest BCUT2D eigenvalue weighted by Crippen LogP contribution is 2.31. The van der Waals surface area contributed by atoms with E-state index in [9.17, 15) is 13.2 Å². The highest BCUT2D eigenvalue weighted by molar-refractivity contribution is 7.89. The third-order valence-corrected chi connectivity index (χ3v) is 6.31. The number of hydrogen-bond acceptors (Lipinski definition) is 4. The Kier molecular flexibility index (Phi) is 8.07. The van der Waals surface area contributed by atoms with Gasteiger partial charge < -0.3 is 11.1 Å². The highest BCUT2D eigenvalue weighted by atomic mass is 35.5. The van der Waals surface area contributed by atoms with Gasteiger partial charge in [-0.2, -0.15) is 0 Å². The van der Waals surface area contributed by atoms with Gasteiger partial charge in [0.1, 0.15) is 0 Å². The van der Waals surface area contributed by atoms with E-state index in [0.717, 1.165) is 19.3 Å². The Bertz CT molecular complexity index is 717. The second kappa shape index (κ2) is 9.17. The molecule has 4 N–H and O–H groups in total. The Morgan fingerprint density at radius 3 is 2.50 bits per heavy atom. The third-order valence-electron chi connectivity index (χ3n) is 4.45. The lowest BCUT2D eigenvalue weighted by atomic mass is 9.95. The van der Waals surface area contributed by atoms with Gasteiger partial charge in [0, 0.05) is 18.0 Å².